The quantitative estimate of drug-likeness (QED) is 0.534. The molecule has 2 N–H and O–H groups in total. The zero-order valence-corrected chi connectivity index (χ0v) is 19.6. The molecule has 188 valence electrons. The molecule has 0 radical (unpaired) electrons. The van der Waals surface area contributed by atoms with Gasteiger partial charge in [-0.2, -0.15) is 18.3 Å². The molecule has 7 nitrogen and oxygen atoms in total. The fourth-order valence-electron chi connectivity index (χ4n) is 5.24. The Labute approximate surface area is 201 Å². The van der Waals surface area contributed by atoms with Gasteiger partial charge >= 0.3 is 6.18 Å². The molecular weight excluding hydrogens is 461 g/mol. The van der Waals surface area contributed by atoms with Crippen LogP contribution in [0, 0.1) is 5.92 Å². The summed E-state index contributed by atoms with van der Waals surface area (Å²) in [4.78, 5) is 25.2. The van der Waals surface area contributed by atoms with Crippen LogP contribution in [-0.2, 0) is 29.7 Å². The minimum atomic E-state index is -4.18. The molecule has 1 atom stereocenters. The summed E-state index contributed by atoms with van der Waals surface area (Å²) >= 11 is 0. The largest absolute Gasteiger partial charge is 0.494 e. The van der Waals surface area contributed by atoms with Crippen molar-refractivity contribution in [1.29, 1.82) is 0 Å². The molecule has 2 heterocycles. The molecule has 0 bridgehead atoms. The number of aromatic nitrogens is 2. The van der Waals surface area contributed by atoms with E-state index in [2.05, 4.69) is 10.6 Å². The maximum atomic E-state index is 13.3. The van der Waals surface area contributed by atoms with Crippen LogP contribution in [0.25, 0.3) is 0 Å². The number of carbonyl (C=O) groups excluding carboxylic acids is 2. The number of nitrogens with zero attached hydrogens (tertiary/aromatic N) is 2. The predicted molar refractivity (Wildman–Crippen MR) is 122 cm³/mol. The maximum Gasteiger partial charge on any atom is 0.389 e. The average Bonchev–Trinajstić information content (AvgIpc) is 3.47. The second-order valence-corrected chi connectivity index (χ2v) is 9.91. The summed E-state index contributed by atoms with van der Waals surface area (Å²) in [6.45, 7) is 2.07. The number of hydrogen-bond donors (Lipinski definition) is 2. The number of carbonyl (C=O) groups is 2. The Morgan fingerprint density at radius 3 is 2.86 bits per heavy atom. The number of nitrogens with one attached hydrogen (secondary N) is 2. The van der Waals surface area contributed by atoms with Gasteiger partial charge in [0.2, 0.25) is 5.91 Å². The number of amides is 2. The molecule has 3 aliphatic rings. The van der Waals surface area contributed by atoms with Crippen LogP contribution in [0.4, 0.5) is 19.0 Å². The zero-order chi connectivity index (χ0) is 24.8. The van der Waals surface area contributed by atoms with Gasteiger partial charge in [0.1, 0.15) is 17.1 Å². The topological polar surface area (TPSA) is 85.2 Å². The molecule has 1 saturated carbocycles. The van der Waals surface area contributed by atoms with E-state index in [4.69, 9.17) is 9.84 Å². The van der Waals surface area contributed by atoms with Crippen LogP contribution in [0.3, 0.4) is 0 Å². The number of anilines is 1. The Balaban J connectivity index is 1.35. The lowest BCUT2D eigenvalue weighted by Gasteiger charge is -2.35. The number of alkyl halides is 3. The van der Waals surface area contributed by atoms with Crippen molar-refractivity contribution in [2.24, 2.45) is 5.92 Å². The van der Waals surface area contributed by atoms with E-state index in [1.807, 2.05) is 12.1 Å². The molecule has 1 aromatic carbocycles. The molecule has 35 heavy (non-hydrogen) atoms. The first-order valence-corrected chi connectivity index (χ1v) is 12.2. The van der Waals surface area contributed by atoms with Gasteiger partial charge in [-0.15, -0.1) is 0 Å². The van der Waals surface area contributed by atoms with Crippen molar-refractivity contribution in [3.05, 3.63) is 40.6 Å². The first kappa shape index (κ1) is 23.7. The molecule has 2 aliphatic carbocycles. The number of halogens is 3. The minimum Gasteiger partial charge on any atom is -0.494 e. The molecule has 1 fully saturated rings. The number of benzene rings is 1. The fraction of sp³-hybridized carbons (Fsp3) is 0.560. The SMILES string of the molecule is CC(=O)Nc1c2c(nn1CCC1CC1)C[C@]1(CCc3cc(OCCCC(F)(F)F)ccc31)NC2=O. The van der Waals surface area contributed by atoms with Crippen LogP contribution < -0.4 is 15.4 Å². The van der Waals surface area contributed by atoms with Gasteiger partial charge in [-0.3, -0.25) is 9.59 Å². The average molecular weight is 491 g/mol. The fourth-order valence-corrected chi connectivity index (χ4v) is 5.24. The third-order valence-electron chi connectivity index (χ3n) is 7.10. The number of hydrogen-bond acceptors (Lipinski definition) is 4. The van der Waals surface area contributed by atoms with Gasteiger partial charge in [-0.05, 0) is 54.9 Å². The van der Waals surface area contributed by atoms with Crippen molar-refractivity contribution < 1.29 is 27.5 Å². The first-order chi connectivity index (χ1) is 16.6. The first-order valence-electron chi connectivity index (χ1n) is 12.2. The second kappa shape index (κ2) is 8.87. The molecule has 5 rings (SSSR count). The van der Waals surface area contributed by atoms with Crippen LogP contribution in [0.15, 0.2) is 18.2 Å². The van der Waals surface area contributed by atoms with E-state index >= 15 is 0 Å². The van der Waals surface area contributed by atoms with Crippen LogP contribution in [0.2, 0.25) is 0 Å². The van der Waals surface area contributed by atoms with Crippen molar-refractivity contribution in [2.75, 3.05) is 11.9 Å². The van der Waals surface area contributed by atoms with Crippen molar-refractivity contribution in [1.82, 2.24) is 15.1 Å². The Morgan fingerprint density at radius 2 is 2.14 bits per heavy atom. The van der Waals surface area contributed by atoms with E-state index in [0.717, 1.165) is 17.5 Å². The zero-order valence-electron chi connectivity index (χ0n) is 19.6. The van der Waals surface area contributed by atoms with Gasteiger partial charge in [0.05, 0.1) is 17.8 Å². The molecule has 2 amide bonds. The Morgan fingerprint density at radius 1 is 1.34 bits per heavy atom. The summed E-state index contributed by atoms with van der Waals surface area (Å²) in [6, 6.07) is 5.50. The molecular formula is C25H29F3N4O3. The molecule has 10 heteroatoms. The molecule has 1 aliphatic heterocycles. The Hall–Kier alpha value is -3.04. The summed E-state index contributed by atoms with van der Waals surface area (Å²) in [7, 11) is 0. The molecule has 1 spiro atoms. The van der Waals surface area contributed by atoms with Gasteiger partial charge in [0.15, 0.2) is 0 Å². The van der Waals surface area contributed by atoms with E-state index in [0.29, 0.717) is 54.5 Å². The van der Waals surface area contributed by atoms with Gasteiger partial charge in [0, 0.05) is 26.3 Å². The molecule has 0 unspecified atom stereocenters. The van der Waals surface area contributed by atoms with Crippen molar-refractivity contribution in [2.45, 2.75) is 76.6 Å². The smallest absolute Gasteiger partial charge is 0.389 e. The molecule has 0 saturated heterocycles. The summed E-state index contributed by atoms with van der Waals surface area (Å²) < 4.78 is 44.4. The summed E-state index contributed by atoms with van der Waals surface area (Å²) in [6.07, 6.45) is 0.157. The molecule has 1 aromatic heterocycles. The summed E-state index contributed by atoms with van der Waals surface area (Å²) in [5.41, 5.74) is 2.50. The predicted octanol–water partition coefficient (Wildman–Crippen LogP) is 4.49. The number of rotatable bonds is 8. The maximum absolute atomic E-state index is 13.3. The Kier molecular flexibility index (Phi) is 6.01. The van der Waals surface area contributed by atoms with Crippen LogP contribution >= 0.6 is 0 Å². The third kappa shape index (κ3) is 5.01. The van der Waals surface area contributed by atoms with Gasteiger partial charge in [-0.25, -0.2) is 4.68 Å². The lowest BCUT2D eigenvalue weighted by atomic mass is 9.82. The van der Waals surface area contributed by atoms with E-state index in [1.54, 1.807) is 10.7 Å². The lowest BCUT2D eigenvalue weighted by Crippen LogP contribution is -2.49. The standard InChI is InChI=1S/C25H29F3N4O3/c1-15(33)29-22-21-20(31-32(22)11-8-16-3-4-16)14-24(30-23(21)34)10-7-17-13-18(5-6-19(17)24)35-12-2-9-25(26,27)28/h5-6,13,16H,2-4,7-12,14H2,1H3,(H,29,33)(H,30,34)/t24-/m0/s1. The highest BCUT2D eigenvalue weighted by Gasteiger charge is 2.46. The number of aryl methyl sites for hydroxylation is 2. The normalized spacial score (nSPS) is 21.0. The van der Waals surface area contributed by atoms with Crippen molar-refractivity contribution in [3.63, 3.8) is 0 Å². The highest BCUT2D eigenvalue weighted by Crippen LogP contribution is 2.44. The highest BCUT2D eigenvalue weighted by molar-refractivity contribution is 6.04. The van der Waals surface area contributed by atoms with Gasteiger partial charge < -0.3 is 15.4 Å². The molecule has 2 aromatic rings. The second-order valence-electron chi connectivity index (χ2n) is 9.91. The monoisotopic (exact) mass is 490 g/mol. The van der Waals surface area contributed by atoms with E-state index in [-0.39, 0.29) is 24.8 Å². The number of ether oxygens (including phenoxy) is 1. The van der Waals surface area contributed by atoms with Gasteiger partial charge in [0.25, 0.3) is 5.91 Å². The van der Waals surface area contributed by atoms with Crippen molar-refractivity contribution in [3.8, 4) is 5.75 Å². The van der Waals surface area contributed by atoms with E-state index < -0.39 is 18.1 Å². The lowest BCUT2D eigenvalue weighted by molar-refractivity contribution is -0.136. The summed E-state index contributed by atoms with van der Waals surface area (Å²) in [5.74, 6) is 1.17. The van der Waals surface area contributed by atoms with Crippen LogP contribution in [0.5, 0.6) is 5.75 Å². The van der Waals surface area contributed by atoms with Crippen molar-refractivity contribution >= 4 is 17.6 Å². The number of fused-ring (bicyclic) bond motifs is 3. The van der Waals surface area contributed by atoms with Gasteiger partial charge in [-0.1, -0.05) is 18.9 Å². The van der Waals surface area contributed by atoms with E-state index in [9.17, 15) is 22.8 Å². The summed E-state index contributed by atoms with van der Waals surface area (Å²) in [5, 5.41) is 10.8. The Bertz CT molecular complexity index is 1160. The minimum absolute atomic E-state index is 0.00620. The van der Waals surface area contributed by atoms with E-state index in [1.165, 1.54) is 19.8 Å². The third-order valence-corrected chi connectivity index (χ3v) is 7.10. The van der Waals surface area contributed by atoms with Crippen LogP contribution in [-0.4, -0.2) is 34.4 Å². The highest BCUT2D eigenvalue weighted by atomic mass is 19.4. The van der Waals surface area contributed by atoms with Crippen LogP contribution in [0.1, 0.15) is 72.6 Å².